The van der Waals surface area contributed by atoms with Gasteiger partial charge in [-0.1, -0.05) is 30.3 Å². The molecule has 4 aromatic rings. The second kappa shape index (κ2) is 8.53. The molecule has 154 valence electrons. The molecule has 0 bridgehead atoms. The van der Waals surface area contributed by atoms with Gasteiger partial charge in [0.2, 0.25) is 0 Å². The topological polar surface area (TPSA) is 80.0 Å². The van der Waals surface area contributed by atoms with Crippen molar-refractivity contribution in [1.29, 1.82) is 0 Å². The zero-order valence-corrected chi connectivity index (χ0v) is 17.2. The molecule has 1 aliphatic rings. The molecule has 0 radical (unpaired) electrons. The summed E-state index contributed by atoms with van der Waals surface area (Å²) >= 11 is 0. The van der Waals surface area contributed by atoms with Gasteiger partial charge >= 0.3 is 0 Å². The molecule has 0 unspecified atom stereocenters. The van der Waals surface area contributed by atoms with E-state index in [2.05, 4.69) is 49.4 Å². The van der Waals surface area contributed by atoms with Crippen molar-refractivity contribution < 1.29 is 0 Å². The first kappa shape index (κ1) is 19.2. The van der Waals surface area contributed by atoms with Gasteiger partial charge in [0.25, 0.3) is 0 Å². The van der Waals surface area contributed by atoms with E-state index < -0.39 is 0 Å². The number of rotatable bonds is 4. The molecule has 6 nitrogen and oxygen atoms in total. The summed E-state index contributed by atoms with van der Waals surface area (Å²) in [6.45, 7) is 4.13. The van der Waals surface area contributed by atoms with E-state index in [1.54, 1.807) is 12.4 Å². The number of nitrogens with one attached hydrogen (secondary N) is 1. The van der Waals surface area contributed by atoms with Crippen LogP contribution in [0.25, 0.3) is 27.6 Å². The Labute approximate surface area is 181 Å². The number of benzene rings is 2. The Hall–Kier alpha value is -3.77. The molecule has 3 N–H and O–H groups in total. The largest absolute Gasteiger partial charge is 0.404 e. The number of anilines is 1. The summed E-state index contributed by atoms with van der Waals surface area (Å²) in [5.41, 5.74) is 12.0. The summed E-state index contributed by atoms with van der Waals surface area (Å²) in [5.74, 6) is 0.597. The number of fused-ring (bicyclic) bond motifs is 1. The van der Waals surface area contributed by atoms with Crippen LogP contribution in [0.2, 0.25) is 0 Å². The Balaban J connectivity index is 1.41. The van der Waals surface area contributed by atoms with E-state index in [1.807, 2.05) is 42.7 Å². The lowest BCUT2D eigenvalue weighted by molar-refractivity contribution is 0.589. The fraction of sp³-hybridized carbons (Fsp3) is 0.160. The van der Waals surface area contributed by atoms with E-state index in [0.717, 1.165) is 59.3 Å². The molecule has 0 saturated carbocycles. The minimum Gasteiger partial charge on any atom is -0.404 e. The summed E-state index contributed by atoms with van der Waals surface area (Å²) in [7, 11) is 0. The summed E-state index contributed by atoms with van der Waals surface area (Å²) in [6.07, 6.45) is 7.07. The van der Waals surface area contributed by atoms with Gasteiger partial charge in [-0.05, 0) is 35.4 Å². The van der Waals surface area contributed by atoms with Crippen molar-refractivity contribution in [2.24, 2.45) is 5.73 Å². The van der Waals surface area contributed by atoms with Crippen LogP contribution in [0.5, 0.6) is 0 Å². The normalized spacial score (nSPS) is 14.7. The highest BCUT2D eigenvalue weighted by Crippen LogP contribution is 2.28. The Morgan fingerprint density at radius 1 is 0.871 bits per heavy atom. The van der Waals surface area contributed by atoms with Crippen LogP contribution < -0.4 is 16.0 Å². The van der Waals surface area contributed by atoms with Crippen LogP contribution in [-0.4, -0.2) is 41.1 Å². The van der Waals surface area contributed by atoms with Gasteiger partial charge in [0, 0.05) is 73.2 Å². The van der Waals surface area contributed by atoms with Crippen molar-refractivity contribution in [2.75, 3.05) is 31.1 Å². The molecule has 5 rings (SSSR count). The van der Waals surface area contributed by atoms with Crippen molar-refractivity contribution in [1.82, 2.24) is 20.3 Å². The highest BCUT2D eigenvalue weighted by molar-refractivity contribution is 5.94. The van der Waals surface area contributed by atoms with Gasteiger partial charge in [-0.3, -0.25) is 4.98 Å². The zero-order chi connectivity index (χ0) is 21.0. The molecule has 1 fully saturated rings. The molecule has 2 aromatic carbocycles. The number of pyridine rings is 1. The maximum atomic E-state index is 5.99. The second-order valence-corrected chi connectivity index (χ2v) is 7.54. The first-order valence-electron chi connectivity index (χ1n) is 10.5. The van der Waals surface area contributed by atoms with Crippen LogP contribution in [-0.2, 0) is 0 Å². The van der Waals surface area contributed by atoms with Gasteiger partial charge in [-0.15, -0.1) is 0 Å². The van der Waals surface area contributed by atoms with Gasteiger partial charge < -0.3 is 16.0 Å². The van der Waals surface area contributed by atoms with E-state index in [9.17, 15) is 0 Å². The average molecular weight is 409 g/mol. The van der Waals surface area contributed by atoms with Crippen LogP contribution in [0.1, 0.15) is 11.4 Å². The Morgan fingerprint density at radius 3 is 2.35 bits per heavy atom. The summed E-state index contributed by atoms with van der Waals surface area (Å²) in [6, 6.07) is 18.5. The number of hydrogen-bond acceptors (Lipinski definition) is 6. The fourth-order valence-corrected chi connectivity index (χ4v) is 4.02. The Bertz CT molecular complexity index is 1200. The second-order valence-electron chi connectivity index (χ2n) is 7.54. The van der Waals surface area contributed by atoms with E-state index in [0.29, 0.717) is 5.82 Å². The number of piperazine rings is 1. The molecule has 6 heteroatoms. The van der Waals surface area contributed by atoms with E-state index >= 15 is 0 Å². The van der Waals surface area contributed by atoms with Crippen molar-refractivity contribution in [3.63, 3.8) is 0 Å². The lowest BCUT2D eigenvalue weighted by Gasteiger charge is -2.29. The molecule has 0 aliphatic carbocycles. The molecule has 0 amide bonds. The maximum Gasteiger partial charge on any atom is 0.161 e. The monoisotopic (exact) mass is 408 g/mol. The van der Waals surface area contributed by atoms with E-state index in [1.165, 1.54) is 5.69 Å². The Morgan fingerprint density at radius 2 is 1.61 bits per heavy atom. The molecular formula is C25H24N6. The maximum absolute atomic E-state index is 5.99. The number of nitrogens with zero attached hydrogens (tertiary/aromatic N) is 4. The third kappa shape index (κ3) is 3.85. The first-order chi connectivity index (χ1) is 15.3. The van der Waals surface area contributed by atoms with Crippen LogP contribution >= 0.6 is 0 Å². The van der Waals surface area contributed by atoms with Gasteiger partial charge in [0.15, 0.2) is 5.82 Å². The van der Waals surface area contributed by atoms with Crippen LogP contribution in [0.4, 0.5) is 5.69 Å². The van der Waals surface area contributed by atoms with E-state index in [-0.39, 0.29) is 0 Å². The number of para-hydroxylation sites is 1. The minimum absolute atomic E-state index is 0.597. The third-order valence-electron chi connectivity index (χ3n) is 5.68. The van der Waals surface area contributed by atoms with Crippen LogP contribution in [0.3, 0.4) is 0 Å². The predicted octanol–water partition coefficient (Wildman–Crippen LogP) is 3.45. The van der Waals surface area contributed by atoms with Gasteiger partial charge in [-0.2, -0.15) is 0 Å². The van der Waals surface area contributed by atoms with Crippen LogP contribution in [0, 0.1) is 0 Å². The van der Waals surface area contributed by atoms with Gasteiger partial charge in [0.1, 0.15) is 0 Å². The smallest absolute Gasteiger partial charge is 0.161 e. The van der Waals surface area contributed by atoms with Crippen molar-refractivity contribution in [3.8, 4) is 11.1 Å². The van der Waals surface area contributed by atoms with Crippen molar-refractivity contribution in [2.45, 2.75) is 0 Å². The molecule has 0 spiro atoms. The quantitative estimate of drug-likeness (QED) is 0.538. The van der Waals surface area contributed by atoms with Gasteiger partial charge in [0.05, 0.1) is 5.52 Å². The fourth-order valence-electron chi connectivity index (χ4n) is 4.02. The summed E-state index contributed by atoms with van der Waals surface area (Å²) < 4.78 is 0. The molecule has 1 aliphatic heterocycles. The molecule has 2 aromatic heterocycles. The molecule has 3 heterocycles. The predicted molar refractivity (Wildman–Crippen MR) is 126 cm³/mol. The Kier molecular flexibility index (Phi) is 5.29. The van der Waals surface area contributed by atoms with E-state index in [4.69, 9.17) is 5.73 Å². The molecule has 1 saturated heterocycles. The van der Waals surface area contributed by atoms with Gasteiger partial charge in [-0.25, -0.2) is 9.97 Å². The highest BCUT2D eigenvalue weighted by Gasteiger charge is 2.13. The van der Waals surface area contributed by atoms with Crippen molar-refractivity contribution in [3.05, 3.63) is 90.8 Å². The summed E-state index contributed by atoms with van der Waals surface area (Å²) in [4.78, 5) is 16.1. The highest BCUT2D eigenvalue weighted by atomic mass is 15.2. The molecular weight excluding hydrogens is 384 g/mol. The molecule has 0 atom stereocenters. The lowest BCUT2D eigenvalue weighted by atomic mass is 10.0. The summed E-state index contributed by atoms with van der Waals surface area (Å²) in [5, 5.41) is 4.41. The minimum atomic E-state index is 0.597. The number of aromatic nitrogens is 3. The lowest BCUT2D eigenvalue weighted by Crippen LogP contribution is -2.43. The standard InChI is InChI=1S/C25H24N6/c26-15-23(21-9-10-28-24-4-2-1-3-22(21)24)25-29-16-19(17-30-25)18-5-7-20(8-6-18)31-13-11-27-12-14-31/h1-10,15-17,27H,11-14,26H2. The first-order valence-corrected chi connectivity index (χ1v) is 10.5. The number of nitrogens with two attached hydrogens (primary N) is 1. The third-order valence-corrected chi connectivity index (χ3v) is 5.68. The van der Waals surface area contributed by atoms with Crippen molar-refractivity contribution >= 4 is 22.2 Å². The van der Waals surface area contributed by atoms with Crippen LogP contribution in [0.15, 0.2) is 79.4 Å². The number of hydrogen-bond donors (Lipinski definition) is 2. The zero-order valence-electron chi connectivity index (χ0n) is 17.2. The average Bonchev–Trinajstić information content (AvgIpc) is 2.86. The molecule has 31 heavy (non-hydrogen) atoms. The SMILES string of the molecule is NC=C(c1ncc(-c2ccc(N3CCNCC3)cc2)cn1)c1ccnc2ccccc12.